The molecular formula is C20H28F3N3O4. The van der Waals surface area contributed by atoms with Crippen molar-refractivity contribution in [2.75, 3.05) is 33.3 Å². The molecule has 0 bridgehead atoms. The van der Waals surface area contributed by atoms with Crippen molar-refractivity contribution in [1.29, 1.82) is 0 Å². The molecule has 0 spiro atoms. The van der Waals surface area contributed by atoms with E-state index in [0.717, 1.165) is 37.9 Å². The van der Waals surface area contributed by atoms with Gasteiger partial charge in [0.05, 0.1) is 0 Å². The third-order valence-electron chi connectivity index (χ3n) is 5.21. The summed E-state index contributed by atoms with van der Waals surface area (Å²) in [5, 5.41) is 4.99. The van der Waals surface area contributed by atoms with E-state index in [1.54, 1.807) is 12.1 Å². The number of piperidine rings is 1. The molecule has 2 rings (SSSR count). The number of amides is 2. The largest absolute Gasteiger partial charge is 0.573 e. The number of likely N-dealkylation sites (N-methyl/N-ethyl adjacent to an activating group) is 1. The van der Waals surface area contributed by atoms with Gasteiger partial charge in [0.2, 0.25) is 0 Å². The zero-order valence-corrected chi connectivity index (χ0v) is 17.1. The zero-order valence-electron chi connectivity index (χ0n) is 17.1. The summed E-state index contributed by atoms with van der Waals surface area (Å²) in [6.07, 6.45) is -2.67. The second-order valence-electron chi connectivity index (χ2n) is 7.24. The Bertz CT molecular complexity index is 707. The van der Waals surface area contributed by atoms with Gasteiger partial charge in [0.25, 0.3) is 5.91 Å². The van der Waals surface area contributed by atoms with E-state index in [-0.39, 0.29) is 24.3 Å². The first-order valence-corrected chi connectivity index (χ1v) is 9.89. The van der Waals surface area contributed by atoms with Crippen LogP contribution in [-0.4, -0.2) is 56.6 Å². The van der Waals surface area contributed by atoms with Crippen molar-refractivity contribution in [3.8, 4) is 5.75 Å². The molecule has 168 valence electrons. The molecule has 2 amide bonds. The summed E-state index contributed by atoms with van der Waals surface area (Å²) in [5.41, 5.74) is 0.774. The third kappa shape index (κ3) is 8.10. The molecule has 1 unspecified atom stereocenters. The number of nitrogens with one attached hydrogen (secondary N) is 2. The van der Waals surface area contributed by atoms with Crippen molar-refractivity contribution in [3.63, 3.8) is 0 Å². The molecule has 1 aliphatic rings. The quantitative estimate of drug-likeness (QED) is 0.661. The van der Waals surface area contributed by atoms with Crippen LogP contribution in [-0.2, 0) is 9.53 Å². The zero-order chi connectivity index (χ0) is 22.1. The Labute approximate surface area is 173 Å². The minimum Gasteiger partial charge on any atom is -0.439 e. The highest BCUT2D eigenvalue weighted by Gasteiger charge is 2.31. The second kappa shape index (κ2) is 11.1. The van der Waals surface area contributed by atoms with Crippen LogP contribution in [0.3, 0.4) is 0 Å². The van der Waals surface area contributed by atoms with E-state index in [2.05, 4.69) is 20.3 Å². The summed E-state index contributed by atoms with van der Waals surface area (Å²) in [7, 11) is 1.46. The van der Waals surface area contributed by atoms with Gasteiger partial charge in [0.15, 0.2) is 6.61 Å². The molecule has 1 aromatic carbocycles. The van der Waals surface area contributed by atoms with E-state index < -0.39 is 12.5 Å². The first-order valence-electron chi connectivity index (χ1n) is 9.89. The van der Waals surface area contributed by atoms with Crippen LogP contribution in [0.2, 0.25) is 0 Å². The Morgan fingerprint density at radius 2 is 1.97 bits per heavy atom. The van der Waals surface area contributed by atoms with Crippen molar-refractivity contribution >= 4 is 12.0 Å². The summed E-state index contributed by atoms with van der Waals surface area (Å²) < 4.78 is 46.1. The van der Waals surface area contributed by atoms with Gasteiger partial charge in [-0.3, -0.25) is 9.69 Å². The Hall–Kier alpha value is -2.49. The number of alkyl carbamates (subject to hydrolysis) is 1. The van der Waals surface area contributed by atoms with Gasteiger partial charge in [-0.1, -0.05) is 12.1 Å². The van der Waals surface area contributed by atoms with Crippen LogP contribution in [0.1, 0.15) is 37.8 Å². The maximum atomic E-state index is 12.4. The second-order valence-corrected chi connectivity index (χ2v) is 7.24. The Balaban J connectivity index is 1.73. The van der Waals surface area contributed by atoms with Crippen molar-refractivity contribution in [1.82, 2.24) is 15.5 Å². The number of hydrogen-bond donors (Lipinski definition) is 2. The van der Waals surface area contributed by atoms with Crippen LogP contribution in [0.15, 0.2) is 24.3 Å². The molecule has 0 aromatic heterocycles. The summed E-state index contributed by atoms with van der Waals surface area (Å²) in [4.78, 5) is 24.8. The lowest BCUT2D eigenvalue weighted by Gasteiger charge is -2.36. The van der Waals surface area contributed by atoms with E-state index in [0.29, 0.717) is 12.5 Å². The Morgan fingerprint density at radius 3 is 2.60 bits per heavy atom. The summed E-state index contributed by atoms with van der Waals surface area (Å²) in [6.45, 7) is 3.75. The number of alkyl halides is 3. The van der Waals surface area contributed by atoms with Crippen molar-refractivity contribution in [3.05, 3.63) is 29.8 Å². The van der Waals surface area contributed by atoms with E-state index in [9.17, 15) is 22.8 Å². The molecule has 2 N–H and O–H groups in total. The highest BCUT2D eigenvalue weighted by Crippen LogP contribution is 2.30. The summed E-state index contributed by atoms with van der Waals surface area (Å²) >= 11 is 0. The predicted molar refractivity (Wildman–Crippen MR) is 104 cm³/mol. The van der Waals surface area contributed by atoms with Gasteiger partial charge in [-0.05, 0) is 62.9 Å². The third-order valence-corrected chi connectivity index (χ3v) is 5.21. The average Bonchev–Trinajstić information content (AvgIpc) is 2.71. The molecule has 0 aliphatic carbocycles. The predicted octanol–water partition coefficient (Wildman–Crippen LogP) is 3.22. The molecule has 1 heterocycles. The number of nitrogens with zero attached hydrogens (tertiary/aromatic N) is 1. The molecule has 1 aromatic rings. The van der Waals surface area contributed by atoms with Crippen molar-refractivity contribution in [2.45, 2.75) is 38.6 Å². The lowest BCUT2D eigenvalue weighted by Crippen LogP contribution is -2.37. The van der Waals surface area contributed by atoms with Gasteiger partial charge in [0, 0.05) is 19.6 Å². The van der Waals surface area contributed by atoms with Crippen LogP contribution < -0.4 is 15.4 Å². The average molecular weight is 431 g/mol. The molecule has 7 nitrogen and oxygen atoms in total. The number of carbonyl (C=O) groups is 2. The maximum Gasteiger partial charge on any atom is 0.573 e. The molecule has 30 heavy (non-hydrogen) atoms. The van der Waals surface area contributed by atoms with Gasteiger partial charge in [-0.2, -0.15) is 0 Å². The molecule has 1 aliphatic heterocycles. The minimum atomic E-state index is -4.71. The maximum absolute atomic E-state index is 12.4. The highest BCUT2D eigenvalue weighted by molar-refractivity contribution is 5.79. The first kappa shape index (κ1) is 23.8. The van der Waals surface area contributed by atoms with Gasteiger partial charge in [-0.25, -0.2) is 4.79 Å². The van der Waals surface area contributed by atoms with Crippen LogP contribution in [0.4, 0.5) is 18.0 Å². The number of hydrogen-bond acceptors (Lipinski definition) is 5. The molecule has 1 atom stereocenters. The summed E-state index contributed by atoms with van der Waals surface area (Å²) in [6, 6.07) is 6.06. The van der Waals surface area contributed by atoms with Crippen LogP contribution in [0, 0.1) is 5.92 Å². The number of rotatable bonds is 8. The molecule has 1 saturated heterocycles. The fourth-order valence-corrected chi connectivity index (χ4v) is 3.44. The lowest BCUT2D eigenvalue weighted by molar-refractivity contribution is -0.274. The molecule has 0 radical (unpaired) electrons. The van der Waals surface area contributed by atoms with Gasteiger partial charge in [0.1, 0.15) is 5.75 Å². The standard InChI is InChI=1S/C20H28F3N3O4/c1-14(16-4-3-5-17(12-16)30-20(21,22)23)26-10-7-15(8-11-26)6-9-25-19(28)29-13-18(27)24-2/h3-5,12,14-15H,6-11,13H2,1-2H3,(H,24,27)(H,25,28). The SMILES string of the molecule is CNC(=O)COC(=O)NCCC1CCN(C(C)c2cccc(OC(F)(F)F)c2)CC1. The van der Waals surface area contributed by atoms with E-state index in [4.69, 9.17) is 4.74 Å². The Kier molecular flexibility index (Phi) is 8.76. The number of ether oxygens (including phenoxy) is 2. The van der Waals surface area contributed by atoms with Gasteiger partial charge < -0.3 is 20.1 Å². The highest BCUT2D eigenvalue weighted by atomic mass is 19.4. The van der Waals surface area contributed by atoms with Gasteiger partial charge in [-0.15, -0.1) is 13.2 Å². The van der Waals surface area contributed by atoms with Crippen molar-refractivity contribution in [2.24, 2.45) is 5.92 Å². The topological polar surface area (TPSA) is 79.9 Å². The van der Waals surface area contributed by atoms with E-state index in [1.165, 1.54) is 19.2 Å². The summed E-state index contributed by atoms with van der Waals surface area (Å²) in [5.74, 6) is -0.147. The van der Waals surface area contributed by atoms with Crippen LogP contribution in [0.5, 0.6) is 5.75 Å². The van der Waals surface area contributed by atoms with Crippen molar-refractivity contribution < 1.29 is 32.2 Å². The fraction of sp³-hybridized carbons (Fsp3) is 0.600. The molecule has 10 heteroatoms. The fourth-order valence-electron chi connectivity index (χ4n) is 3.44. The van der Waals surface area contributed by atoms with E-state index in [1.807, 2.05) is 6.92 Å². The monoisotopic (exact) mass is 431 g/mol. The smallest absolute Gasteiger partial charge is 0.439 e. The molecular weight excluding hydrogens is 403 g/mol. The van der Waals surface area contributed by atoms with E-state index >= 15 is 0 Å². The minimum absolute atomic E-state index is 0.0273. The Morgan fingerprint density at radius 1 is 1.27 bits per heavy atom. The normalized spacial score (nSPS) is 16.6. The number of carbonyl (C=O) groups excluding carboxylic acids is 2. The number of halogens is 3. The van der Waals surface area contributed by atoms with Crippen LogP contribution in [0.25, 0.3) is 0 Å². The number of benzene rings is 1. The van der Waals surface area contributed by atoms with Crippen LogP contribution >= 0.6 is 0 Å². The lowest BCUT2D eigenvalue weighted by atomic mass is 9.92. The first-order chi connectivity index (χ1) is 14.2. The van der Waals surface area contributed by atoms with Gasteiger partial charge >= 0.3 is 12.5 Å². The molecule has 0 saturated carbocycles. The number of likely N-dealkylation sites (tertiary alicyclic amines) is 1. The molecule has 1 fully saturated rings.